The summed E-state index contributed by atoms with van der Waals surface area (Å²) in [4.78, 5) is 23.3. The lowest BCUT2D eigenvalue weighted by molar-refractivity contribution is -0.384. The Balaban J connectivity index is 1.96. The molecule has 1 atom stereocenters. The van der Waals surface area contributed by atoms with E-state index in [0.29, 0.717) is 24.5 Å². The van der Waals surface area contributed by atoms with Crippen molar-refractivity contribution in [1.29, 1.82) is 0 Å². The van der Waals surface area contributed by atoms with E-state index in [1.54, 1.807) is 32.3 Å². The van der Waals surface area contributed by atoms with E-state index in [0.717, 1.165) is 11.1 Å². The molecule has 0 saturated heterocycles. The molecule has 150 valence electrons. The van der Waals surface area contributed by atoms with Gasteiger partial charge in [-0.05, 0) is 43.3 Å². The molecule has 8 heteroatoms. The van der Waals surface area contributed by atoms with Crippen LogP contribution in [-0.4, -0.2) is 43.7 Å². The molecule has 0 fully saturated rings. The molecule has 0 spiro atoms. The molecule has 1 N–H and O–H groups in total. The minimum Gasteiger partial charge on any atom is -0.494 e. The Bertz CT molecular complexity index is 821. The highest BCUT2D eigenvalue weighted by Gasteiger charge is 2.14. The number of nitrogens with zero attached hydrogens (tertiary/aromatic N) is 2. The number of nitrogens with one attached hydrogen (secondary N) is 1. The Morgan fingerprint density at radius 1 is 1.21 bits per heavy atom. The summed E-state index contributed by atoms with van der Waals surface area (Å²) in [6, 6.07) is 11.7. The van der Waals surface area contributed by atoms with E-state index in [1.165, 1.54) is 17.0 Å². The maximum absolute atomic E-state index is 11.7. The maximum Gasteiger partial charge on any atom is 0.414 e. The predicted octanol–water partition coefficient (Wildman–Crippen LogP) is 3.69. The van der Waals surface area contributed by atoms with Crippen LogP contribution in [0.25, 0.3) is 0 Å². The van der Waals surface area contributed by atoms with Crippen LogP contribution in [0.1, 0.15) is 23.6 Å². The number of carbonyl (C=O) groups excluding carboxylic acids is 1. The second-order valence-corrected chi connectivity index (χ2v) is 6.52. The number of rotatable bonds is 8. The molecule has 28 heavy (non-hydrogen) atoms. The fourth-order valence-corrected chi connectivity index (χ4v) is 2.63. The van der Waals surface area contributed by atoms with E-state index in [-0.39, 0.29) is 11.7 Å². The number of ether oxygens (including phenoxy) is 2. The van der Waals surface area contributed by atoms with Crippen molar-refractivity contribution in [1.82, 2.24) is 10.2 Å². The number of benzene rings is 2. The van der Waals surface area contributed by atoms with Gasteiger partial charge in [0.15, 0.2) is 0 Å². The molecule has 8 nitrogen and oxygen atoms in total. The van der Waals surface area contributed by atoms with Crippen LogP contribution < -0.4 is 14.8 Å². The van der Waals surface area contributed by atoms with Crippen molar-refractivity contribution < 1.29 is 19.2 Å². The van der Waals surface area contributed by atoms with Crippen LogP contribution in [-0.2, 0) is 0 Å². The average Bonchev–Trinajstić information content (AvgIpc) is 2.67. The number of amides is 1. The van der Waals surface area contributed by atoms with Gasteiger partial charge in [-0.25, -0.2) is 4.79 Å². The Labute approximate surface area is 164 Å². The van der Waals surface area contributed by atoms with Crippen molar-refractivity contribution in [3.63, 3.8) is 0 Å². The van der Waals surface area contributed by atoms with Crippen LogP contribution in [0, 0.1) is 17.0 Å². The molecule has 1 amide bonds. The van der Waals surface area contributed by atoms with Crippen molar-refractivity contribution in [3.05, 3.63) is 63.7 Å². The second-order valence-electron chi connectivity index (χ2n) is 6.52. The van der Waals surface area contributed by atoms with Gasteiger partial charge in [0.25, 0.3) is 5.69 Å². The summed E-state index contributed by atoms with van der Waals surface area (Å²) >= 11 is 0. The monoisotopic (exact) mass is 387 g/mol. The normalized spacial score (nSPS) is 11.6. The number of aryl methyl sites for hydroxylation is 1. The van der Waals surface area contributed by atoms with Gasteiger partial charge in [-0.3, -0.25) is 10.1 Å². The van der Waals surface area contributed by atoms with Crippen molar-refractivity contribution in [2.75, 3.05) is 27.7 Å². The Kier molecular flexibility index (Phi) is 7.34. The van der Waals surface area contributed by atoms with Gasteiger partial charge in [0.2, 0.25) is 0 Å². The van der Waals surface area contributed by atoms with E-state index in [4.69, 9.17) is 9.47 Å². The zero-order chi connectivity index (χ0) is 20.7. The van der Waals surface area contributed by atoms with E-state index in [1.807, 2.05) is 26.1 Å². The molecule has 2 aromatic carbocycles. The molecule has 0 unspecified atom stereocenters. The Hall–Kier alpha value is -3.13. The van der Waals surface area contributed by atoms with E-state index >= 15 is 0 Å². The van der Waals surface area contributed by atoms with Gasteiger partial charge in [0, 0.05) is 38.7 Å². The lowest BCUT2D eigenvalue weighted by Gasteiger charge is -2.19. The first-order valence-electron chi connectivity index (χ1n) is 8.86. The molecule has 0 aliphatic rings. The molecule has 0 aliphatic heterocycles. The second kappa shape index (κ2) is 9.70. The van der Waals surface area contributed by atoms with Gasteiger partial charge in [0.05, 0.1) is 11.5 Å². The number of non-ortho nitro benzene ring substituents is 1. The highest BCUT2D eigenvalue weighted by atomic mass is 16.6. The van der Waals surface area contributed by atoms with Gasteiger partial charge in [0.1, 0.15) is 11.5 Å². The largest absolute Gasteiger partial charge is 0.494 e. The van der Waals surface area contributed by atoms with Gasteiger partial charge < -0.3 is 19.7 Å². The maximum atomic E-state index is 11.7. The van der Waals surface area contributed by atoms with Crippen LogP contribution in [0.15, 0.2) is 42.5 Å². The van der Waals surface area contributed by atoms with Crippen molar-refractivity contribution in [3.8, 4) is 11.5 Å². The summed E-state index contributed by atoms with van der Waals surface area (Å²) in [5.41, 5.74) is 1.95. The topological polar surface area (TPSA) is 93.9 Å². The minimum absolute atomic E-state index is 0.0333. The predicted molar refractivity (Wildman–Crippen MR) is 106 cm³/mol. The Morgan fingerprint density at radius 2 is 1.89 bits per heavy atom. The summed E-state index contributed by atoms with van der Waals surface area (Å²) in [5.74, 6) is 1.11. The first-order valence-corrected chi connectivity index (χ1v) is 8.86. The molecule has 0 saturated carbocycles. The first-order chi connectivity index (χ1) is 13.3. The van der Waals surface area contributed by atoms with Gasteiger partial charge in [-0.2, -0.15) is 0 Å². The average molecular weight is 387 g/mol. The van der Waals surface area contributed by atoms with Gasteiger partial charge in [-0.15, -0.1) is 0 Å². The zero-order valence-corrected chi connectivity index (χ0v) is 16.5. The standard InChI is InChI=1S/C20H25N3O5/c1-14-13-15(5-10-19(14)28-20(24)22(3)4)18(21-2)11-12-27-17-8-6-16(7-9-17)23(25)26/h5-10,13,18,21H,11-12H2,1-4H3/t18-/m0/s1. The number of carbonyl (C=O) groups is 1. The van der Waals surface area contributed by atoms with Crippen LogP contribution in [0.4, 0.5) is 10.5 Å². The molecule has 0 aromatic heterocycles. The first kappa shape index (κ1) is 21.2. The molecule has 0 radical (unpaired) electrons. The lowest BCUT2D eigenvalue weighted by atomic mass is 10.0. The minimum atomic E-state index is -0.442. The molecule has 2 rings (SSSR count). The number of nitro benzene ring substituents is 1. The highest BCUT2D eigenvalue weighted by molar-refractivity contribution is 5.70. The van der Waals surface area contributed by atoms with Crippen molar-refractivity contribution in [2.45, 2.75) is 19.4 Å². The summed E-state index contributed by atoms with van der Waals surface area (Å²) in [6.07, 6.45) is 0.279. The summed E-state index contributed by atoms with van der Waals surface area (Å²) < 4.78 is 11.0. The lowest BCUT2D eigenvalue weighted by Crippen LogP contribution is -2.25. The smallest absolute Gasteiger partial charge is 0.414 e. The number of hydrogen-bond acceptors (Lipinski definition) is 6. The zero-order valence-electron chi connectivity index (χ0n) is 16.5. The van der Waals surface area contributed by atoms with Crippen molar-refractivity contribution >= 4 is 11.8 Å². The van der Waals surface area contributed by atoms with Gasteiger partial charge in [-0.1, -0.05) is 12.1 Å². The third-order valence-corrected chi connectivity index (χ3v) is 4.24. The summed E-state index contributed by atoms with van der Waals surface area (Å²) in [7, 11) is 5.13. The van der Waals surface area contributed by atoms with Crippen LogP contribution in [0.2, 0.25) is 0 Å². The number of hydrogen-bond donors (Lipinski definition) is 1. The highest BCUT2D eigenvalue weighted by Crippen LogP contribution is 2.25. The third-order valence-electron chi connectivity index (χ3n) is 4.24. The number of nitro groups is 1. The molecule has 0 bridgehead atoms. The van der Waals surface area contributed by atoms with E-state index in [9.17, 15) is 14.9 Å². The molecule has 2 aromatic rings. The quantitative estimate of drug-likeness (QED) is 0.548. The van der Waals surface area contributed by atoms with Crippen LogP contribution in [0.5, 0.6) is 11.5 Å². The third kappa shape index (κ3) is 5.68. The van der Waals surface area contributed by atoms with E-state index in [2.05, 4.69) is 5.32 Å². The summed E-state index contributed by atoms with van der Waals surface area (Å²) in [6.45, 7) is 2.33. The Morgan fingerprint density at radius 3 is 2.43 bits per heavy atom. The van der Waals surface area contributed by atoms with Crippen molar-refractivity contribution in [2.24, 2.45) is 0 Å². The van der Waals surface area contributed by atoms with Gasteiger partial charge >= 0.3 is 6.09 Å². The molecule has 0 heterocycles. The fraction of sp³-hybridized carbons (Fsp3) is 0.350. The molecule has 0 aliphatic carbocycles. The van der Waals surface area contributed by atoms with Crippen LogP contribution >= 0.6 is 0 Å². The molecular formula is C20H25N3O5. The van der Waals surface area contributed by atoms with Crippen LogP contribution in [0.3, 0.4) is 0 Å². The fourth-order valence-electron chi connectivity index (χ4n) is 2.63. The summed E-state index contributed by atoms with van der Waals surface area (Å²) in [5, 5.41) is 13.9. The SMILES string of the molecule is CN[C@@H](CCOc1ccc([N+](=O)[O-])cc1)c1ccc(OC(=O)N(C)C)c(C)c1. The van der Waals surface area contributed by atoms with E-state index < -0.39 is 11.0 Å². The molecular weight excluding hydrogens is 362 g/mol.